The Bertz CT molecular complexity index is 1520. The lowest BCUT2D eigenvalue weighted by atomic mass is 10.0. The molecule has 2 N–H and O–H groups in total. The normalized spacial score (nSPS) is 15.6. The zero-order chi connectivity index (χ0) is 32.6. The van der Waals surface area contributed by atoms with E-state index >= 15 is 0 Å². The molecule has 2 heterocycles. The summed E-state index contributed by atoms with van der Waals surface area (Å²) >= 11 is 0. The van der Waals surface area contributed by atoms with Crippen molar-refractivity contribution in [1.82, 2.24) is 9.80 Å². The number of likely N-dealkylation sites (tertiary alicyclic amines) is 2. The van der Waals surface area contributed by atoms with Crippen molar-refractivity contribution in [3.05, 3.63) is 109 Å². The maximum absolute atomic E-state index is 12.2. The van der Waals surface area contributed by atoms with Crippen molar-refractivity contribution in [2.45, 2.75) is 37.9 Å². The number of benzene rings is 4. The predicted octanol–water partition coefficient (Wildman–Crippen LogP) is 7.39. The monoisotopic (exact) mass is 620 g/mol. The van der Waals surface area contributed by atoms with E-state index in [0.29, 0.717) is 5.69 Å². The first-order valence-corrected chi connectivity index (χ1v) is 15.8. The van der Waals surface area contributed by atoms with E-state index in [-0.39, 0.29) is 18.3 Å². The van der Waals surface area contributed by atoms with Gasteiger partial charge in [-0.15, -0.1) is 0 Å². The average molecular weight is 621 g/mol. The SMILES string of the molecule is CN1CCC(O)CC1.CN1CCC(OC(=O)Nc2ccccc2-c2ccccc2)CC1.O=C=Nc1ccccc1-c1ccccc1. The van der Waals surface area contributed by atoms with Crippen LogP contribution in [0.2, 0.25) is 0 Å². The Labute approximate surface area is 272 Å². The van der Waals surface area contributed by atoms with Gasteiger partial charge in [0.2, 0.25) is 6.08 Å². The number of carbonyl (C=O) groups excluding carboxylic acids is 2. The lowest BCUT2D eigenvalue weighted by molar-refractivity contribution is 0.0662. The molecule has 0 aromatic heterocycles. The second-order valence-corrected chi connectivity index (χ2v) is 11.6. The highest BCUT2D eigenvalue weighted by atomic mass is 16.6. The second kappa shape index (κ2) is 18.4. The Balaban J connectivity index is 0.000000178. The molecule has 8 nitrogen and oxygen atoms in total. The molecule has 240 valence electrons. The smallest absolute Gasteiger partial charge is 0.411 e. The van der Waals surface area contributed by atoms with Crippen LogP contribution in [0.3, 0.4) is 0 Å². The Morgan fingerprint density at radius 2 is 1.20 bits per heavy atom. The largest absolute Gasteiger partial charge is 0.446 e. The fraction of sp³-hybridized carbons (Fsp3) is 0.316. The first-order valence-electron chi connectivity index (χ1n) is 15.8. The van der Waals surface area contributed by atoms with Crippen LogP contribution >= 0.6 is 0 Å². The van der Waals surface area contributed by atoms with Crippen LogP contribution in [0.4, 0.5) is 16.2 Å². The van der Waals surface area contributed by atoms with Crippen LogP contribution in [0.25, 0.3) is 22.3 Å². The number of isocyanates is 1. The van der Waals surface area contributed by atoms with Crippen molar-refractivity contribution >= 4 is 23.5 Å². The summed E-state index contributed by atoms with van der Waals surface area (Å²) in [7, 11) is 4.18. The van der Waals surface area contributed by atoms with Gasteiger partial charge in [0.25, 0.3) is 0 Å². The molecule has 1 amide bonds. The Morgan fingerprint density at radius 3 is 1.76 bits per heavy atom. The molecule has 0 radical (unpaired) electrons. The third-order valence-corrected chi connectivity index (χ3v) is 8.03. The van der Waals surface area contributed by atoms with Gasteiger partial charge in [0.15, 0.2) is 0 Å². The number of piperidine rings is 2. The molecule has 8 heteroatoms. The highest BCUT2D eigenvalue weighted by Crippen LogP contribution is 2.29. The molecule has 0 bridgehead atoms. The quantitative estimate of drug-likeness (QED) is 0.179. The summed E-state index contributed by atoms with van der Waals surface area (Å²) in [4.78, 5) is 30.6. The van der Waals surface area contributed by atoms with Gasteiger partial charge >= 0.3 is 6.09 Å². The van der Waals surface area contributed by atoms with Crippen molar-refractivity contribution in [2.75, 3.05) is 45.6 Å². The summed E-state index contributed by atoms with van der Waals surface area (Å²) in [5, 5.41) is 11.9. The van der Waals surface area contributed by atoms with Crippen LogP contribution in [-0.4, -0.2) is 79.6 Å². The van der Waals surface area contributed by atoms with E-state index in [1.807, 2.05) is 103 Å². The van der Waals surface area contributed by atoms with Crippen molar-refractivity contribution in [3.63, 3.8) is 0 Å². The Kier molecular flexibility index (Phi) is 13.7. The molecule has 4 aromatic carbocycles. The Hall–Kier alpha value is -4.59. The predicted molar refractivity (Wildman–Crippen MR) is 185 cm³/mol. The van der Waals surface area contributed by atoms with Crippen LogP contribution in [0.15, 0.2) is 114 Å². The zero-order valence-corrected chi connectivity index (χ0v) is 26.7. The molecule has 0 saturated carbocycles. The van der Waals surface area contributed by atoms with Crippen LogP contribution < -0.4 is 5.32 Å². The van der Waals surface area contributed by atoms with Gasteiger partial charge in [0.1, 0.15) is 6.10 Å². The number of aliphatic imine (C=N–C) groups is 1. The number of rotatable bonds is 5. The highest BCUT2D eigenvalue weighted by Gasteiger charge is 2.20. The molecule has 0 aliphatic carbocycles. The van der Waals surface area contributed by atoms with E-state index in [0.717, 1.165) is 79.8 Å². The van der Waals surface area contributed by atoms with Crippen molar-refractivity contribution < 1.29 is 19.4 Å². The maximum atomic E-state index is 12.2. The van der Waals surface area contributed by atoms with E-state index in [4.69, 9.17) is 9.84 Å². The van der Waals surface area contributed by atoms with E-state index in [1.165, 1.54) is 0 Å². The minimum atomic E-state index is -0.372. The number of carbonyl (C=O) groups is 1. The number of ether oxygens (including phenoxy) is 1. The van der Waals surface area contributed by atoms with Crippen molar-refractivity contribution in [2.24, 2.45) is 4.99 Å². The molecule has 0 atom stereocenters. The van der Waals surface area contributed by atoms with Gasteiger partial charge in [0.05, 0.1) is 17.5 Å². The van der Waals surface area contributed by atoms with Gasteiger partial charge in [0, 0.05) is 37.3 Å². The number of nitrogens with zero attached hydrogens (tertiary/aromatic N) is 3. The van der Waals surface area contributed by atoms with Crippen molar-refractivity contribution in [1.29, 1.82) is 0 Å². The fourth-order valence-electron chi connectivity index (χ4n) is 5.33. The summed E-state index contributed by atoms with van der Waals surface area (Å²) < 4.78 is 5.56. The molecule has 4 aromatic rings. The highest BCUT2D eigenvalue weighted by molar-refractivity contribution is 5.91. The molecular formula is C38H44N4O4. The summed E-state index contributed by atoms with van der Waals surface area (Å²) in [5.41, 5.74) is 5.49. The first kappa shape index (κ1) is 34.3. The van der Waals surface area contributed by atoms with Gasteiger partial charge in [-0.25, -0.2) is 9.59 Å². The molecule has 0 unspecified atom stereocenters. The Morgan fingerprint density at radius 1 is 0.717 bits per heavy atom. The van der Waals surface area contributed by atoms with Gasteiger partial charge in [-0.3, -0.25) is 5.32 Å². The number of hydrogen-bond acceptors (Lipinski definition) is 7. The third-order valence-electron chi connectivity index (χ3n) is 8.03. The van der Waals surface area contributed by atoms with Gasteiger partial charge in [-0.2, -0.15) is 4.99 Å². The summed E-state index contributed by atoms with van der Waals surface area (Å²) in [6, 6.07) is 35.1. The van der Waals surface area contributed by atoms with Gasteiger partial charge in [-0.1, -0.05) is 97.1 Å². The van der Waals surface area contributed by atoms with Gasteiger partial charge < -0.3 is 19.6 Å². The topological polar surface area (TPSA) is 94.5 Å². The number of amides is 1. The molecule has 2 saturated heterocycles. The average Bonchev–Trinajstić information content (AvgIpc) is 3.09. The number of hydrogen-bond donors (Lipinski definition) is 2. The third kappa shape index (κ3) is 11.1. The summed E-state index contributed by atoms with van der Waals surface area (Å²) in [6.07, 6.45) is 4.88. The van der Waals surface area contributed by atoms with E-state index in [1.54, 1.807) is 12.1 Å². The first-order chi connectivity index (χ1) is 22.4. The number of anilines is 1. The van der Waals surface area contributed by atoms with Crippen LogP contribution in [-0.2, 0) is 9.53 Å². The number of aliphatic hydroxyl groups excluding tert-OH is 1. The molecule has 46 heavy (non-hydrogen) atoms. The van der Waals surface area contributed by atoms with Crippen LogP contribution in [0, 0.1) is 0 Å². The minimum absolute atomic E-state index is 0.00934. The molecule has 2 aliphatic heterocycles. The number of para-hydroxylation sites is 2. The van der Waals surface area contributed by atoms with Gasteiger partial charge in [-0.05, 0) is 63.0 Å². The fourth-order valence-corrected chi connectivity index (χ4v) is 5.33. The lowest BCUT2D eigenvalue weighted by Crippen LogP contribution is -2.36. The van der Waals surface area contributed by atoms with E-state index in [9.17, 15) is 9.59 Å². The van der Waals surface area contributed by atoms with Crippen LogP contribution in [0.1, 0.15) is 25.7 Å². The number of aliphatic hydroxyl groups is 1. The molecule has 0 spiro atoms. The van der Waals surface area contributed by atoms with E-state index in [2.05, 4.69) is 34.2 Å². The summed E-state index contributed by atoms with van der Waals surface area (Å²) in [5.74, 6) is 0. The maximum Gasteiger partial charge on any atom is 0.411 e. The van der Waals surface area contributed by atoms with Crippen molar-refractivity contribution in [3.8, 4) is 22.3 Å². The molecule has 6 rings (SSSR count). The number of nitrogens with one attached hydrogen (secondary N) is 1. The standard InChI is InChI=1S/C19H22N2O2.C13H9NO.C6H13NO/c1-21-13-11-16(12-14-21)23-19(22)20-18-10-6-5-9-17(18)15-7-3-2-4-8-15;15-10-14-13-9-5-4-8-12(13)11-6-2-1-3-7-11;1-7-4-2-6(8)3-5-7/h2-10,16H,11-14H2,1H3,(H,20,22);1-9H;6,8H,2-5H2,1H3. The second-order valence-electron chi connectivity index (χ2n) is 11.6. The molecule has 2 fully saturated rings. The molecule has 2 aliphatic rings. The zero-order valence-electron chi connectivity index (χ0n) is 26.7. The van der Waals surface area contributed by atoms with E-state index < -0.39 is 0 Å². The lowest BCUT2D eigenvalue weighted by Gasteiger charge is -2.28. The summed E-state index contributed by atoms with van der Waals surface area (Å²) in [6.45, 7) is 4.05. The minimum Gasteiger partial charge on any atom is -0.446 e. The molecular weight excluding hydrogens is 576 g/mol. The van der Waals surface area contributed by atoms with Crippen LogP contribution in [0.5, 0.6) is 0 Å².